The zero-order valence-electron chi connectivity index (χ0n) is 41.6. The number of ether oxygens (including phenoxy) is 9. The maximum Gasteiger partial charge on any atom is 0.338 e. The number of amides is 1. The second-order valence-corrected chi connectivity index (χ2v) is 19.9. The normalized spacial score (nSPS) is 43.1. The molecule has 16 nitrogen and oxygen atoms in total. The van der Waals surface area contributed by atoms with E-state index in [1.165, 1.54) is 14.0 Å². The molecule has 1 aromatic carbocycles. The SMILES string of the molecule is CC[C@H]1OC(=O)[C@H](C)[C@@H](O[C@H]2C[C@@](C)(OC)[C@@H](OC(=O)c3ccccc3)[C@H](C)O2)[C@H](C)[C@@H](O[C@@H]2O[C@H](C)C[C@H](N(C)C)[C@H]2O)[C@]2(C)C[C@@H](C)C(=NC(C)=O)[C@H](C)[C@@H](OC/C=C\CO2)[C@]1(C)O. The Morgan fingerprint density at radius 1 is 0.924 bits per heavy atom. The van der Waals surface area contributed by atoms with Gasteiger partial charge in [0.15, 0.2) is 18.7 Å². The lowest BCUT2D eigenvalue weighted by atomic mass is 9.73. The summed E-state index contributed by atoms with van der Waals surface area (Å²) in [5.41, 5.74) is -3.27. The van der Waals surface area contributed by atoms with E-state index in [-0.39, 0.29) is 44.6 Å². The first-order valence-electron chi connectivity index (χ1n) is 23.7. The minimum absolute atomic E-state index is 0.0818. The summed E-state index contributed by atoms with van der Waals surface area (Å²) < 4.78 is 59.0. The van der Waals surface area contributed by atoms with E-state index in [0.29, 0.717) is 17.7 Å². The number of cyclic esters (lactones) is 1. The van der Waals surface area contributed by atoms with Gasteiger partial charge in [-0.05, 0) is 93.0 Å². The van der Waals surface area contributed by atoms with Gasteiger partial charge in [0.2, 0.25) is 5.91 Å². The van der Waals surface area contributed by atoms with Gasteiger partial charge in [-0.2, -0.15) is 0 Å². The third kappa shape index (κ3) is 12.2. The van der Waals surface area contributed by atoms with Crippen molar-refractivity contribution in [2.75, 3.05) is 34.4 Å². The largest absolute Gasteiger partial charge is 0.459 e. The third-order valence-corrected chi connectivity index (χ3v) is 14.3. The van der Waals surface area contributed by atoms with E-state index in [0.717, 1.165) is 0 Å². The molecule has 16 heteroatoms. The van der Waals surface area contributed by atoms with Crippen LogP contribution in [-0.2, 0) is 52.2 Å². The minimum Gasteiger partial charge on any atom is -0.459 e. The average molecular weight is 931 g/mol. The molecule has 0 spiro atoms. The van der Waals surface area contributed by atoms with E-state index in [9.17, 15) is 24.6 Å². The summed E-state index contributed by atoms with van der Waals surface area (Å²) in [7, 11) is 5.34. The number of aliphatic hydroxyl groups excluding tert-OH is 1. The highest BCUT2D eigenvalue weighted by Gasteiger charge is 2.55. The van der Waals surface area contributed by atoms with Crippen molar-refractivity contribution in [2.24, 2.45) is 28.7 Å². The summed E-state index contributed by atoms with van der Waals surface area (Å²) >= 11 is 0. The molecule has 2 bridgehead atoms. The van der Waals surface area contributed by atoms with Gasteiger partial charge in [0.05, 0.1) is 60.8 Å². The zero-order chi connectivity index (χ0) is 48.9. The third-order valence-electron chi connectivity index (χ3n) is 14.3. The van der Waals surface area contributed by atoms with Gasteiger partial charge in [-0.25, -0.2) is 9.79 Å². The average Bonchev–Trinajstić information content (AvgIpc) is 3.26. The summed E-state index contributed by atoms with van der Waals surface area (Å²) in [6, 6.07) is 8.37. The fraction of sp³-hybridized carbons (Fsp3) is 0.760. The number of carbonyl (C=O) groups excluding carboxylic acids is 3. The summed E-state index contributed by atoms with van der Waals surface area (Å²) in [5, 5.41) is 24.5. The highest BCUT2D eigenvalue weighted by Crippen LogP contribution is 2.43. The topological polar surface area (TPSA) is 190 Å². The summed E-state index contributed by atoms with van der Waals surface area (Å²) in [5.74, 6) is -4.50. The van der Waals surface area contributed by atoms with E-state index < -0.39 is 114 Å². The number of hydrogen-bond donors (Lipinski definition) is 2. The van der Waals surface area contributed by atoms with Crippen LogP contribution in [0.25, 0.3) is 0 Å². The number of benzene rings is 1. The number of likely N-dealkylation sites (N-methyl/N-ethyl adjacent to an activating group) is 1. The van der Waals surface area contributed by atoms with Crippen LogP contribution in [0.2, 0.25) is 0 Å². The lowest BCUT2D eigenvalue weighted by Gasteiger charge is -2.50. The molecular weight excluding hydrogens is 853 g/mol. The molecule has 4 aliphatic rings. The molecule has 3 saturated heterocycles. The van der Waals surface area contributed by atoms with E-state index in [1.807, 2.05) is 79.6 Å². The second kappa shape index (κ2) is 22.5. The van der Waals surface area contributed by atoms with Crippen LogP contribution in [-0.4, -0.2) is 157 Å². The van der Waals surface area contributed by atoms with Crippen molar-refractivity contribution in [1.82, 2.24) is 4.90 Å². The van der Waals surface area contributed by atoms with Crippen LogP contribution in [0.5, 0.6) is 0 Å². The summed E-state index contributed by atoms with van der Waals surface area (Å²) in [4.78, 5) is 47.7. The van der Waals surface area contributed by atoms with Crippen LogP contribution in [0, 0.1) is 23.7 Å². The molecule has 66 heavy (non-hydrogen) atoms. The highest BCUT2D eigenvalue weighted by atomic mass is 16.7. The Hall–Kier alpha value is -3.16. The van der Waals surface area contributed by atoms with Gasteiger partial charge in [-0.15, -0.1) is 0 Å². The smallest absolute Gasteiger partial charge is 0.338 e. The van der Waals surface area contributed by atoms with E-state index in [1.54, 1.807) is 51.1 Å². The molecule has 4 heterocycles. The number of rotatable bonds is 9. The van der Waals surface area contributed by atoms with Gasteiger partial charge in [-0.1, -0.05) is 58.0 Å². The summed E-state index contributed by atoms with van der Waals surface area (Å²) in [6.45, 7) is 19.8. The molecule has 0 radical (unpaired) electrons. The first-order chi connectivity index (χ1) is 31.0. The number of aliphatic hydroxyl groups is 2. The van der Waals surface area contributed by atoms with Crippen molar-refractivity contribution in [2.45, 2.75) is 186 Å². The van der Waals surface area contributed by atoms with Crippen LogP contribution in [0.3, 0.4) is 0 Å². The molecule has 0 aliphatic carbocycles. The van der Waals surface area contributed by atoms with Crippen molar-refractivity contribution in [1.29, 1.82) is 0 Å². The van der Waals surface area contributed by atoms with Gasteiger partial charge < -0.3 is 57.7 Å². The molecule has 1 amide bonds. The molecule has 0 unspecified atom stereocenters. The first kappa shape index (κ1) is 53.8. The van der Waals surface area contributed by atoms with E-state index in [4.69, 9.17) is 42.6 Å². The number of carbonyl (C=O) groups is 3. The quantitative estimate of drug-likeness (QED) is 0.227. The maximum atomic E-state index is 14.8. The predicted molar refractivity (Wildman–Crippen MR) is 246 cm³/mol. The Balaban J connectivity index is 1.67. The standard InChI is InChI=1S/C50H78N2O14/c1-15-37-50(11,57)43-30(4)39(51-34(8)53)28(2)26-49(10,60-24-20-19-23-59-43)42(66-47-40(54)36(52(12)13)25-29(3)61-47)31(5)41(32(6)45(55)63-37)64-38-27-48(9,58-14)44(33(7)62-38)65-46(56)35-21-17-16-18-22-35/h16-22,28-33,36-38,40-44,47,54,57H,15,23-27H2,1-14H3/b20-19-,51-39?/t28-,29-,30+,31+,32-,33+,36+,37-,38+,40-,41+,42-,43-,44+,47+,48-,49+,50-/m1/s1. The molecule has 2 N–H and O–H groups in total. The molecular formula is C50H78N2O14. The summed E-state index contributed by atoms with van der Waals surface area (Å²) in [6.07, 6.45) is -4.41. The van der Waals surface area contributed by atoms with Crippen molar-refractivity contribution in [3.05, 3.63) is 48.0 Å². The molecule has 4 aliphatic heterocycles. The molecule has 0 saturated carbocycles. The van der Waals surface area contributed by atoms with Crippen LogP contribution < -0.4 is 0 Å². The number of hydrogen-bond acceptors (Lipinski definition) is 15. The maximum absolute atomic E-state index is 14.8. The van der Waals surface area contributed by atoms with Crippen molar-refractivity contribution in [3.63, 3.8) is 0 Å². The molecule has 3 fully saturated rings. The molecule has 18 atom stereocenters. The number of fused-ring (bicyclic) bond motifs is 5. The van der Waals surface area contributed by atoms with E-state index in [2.05, 4.69) is 4.99 Å². The predicted octanol–water partition coefficient (Wildman–Crippen LogP) is 5.69. The fourth-order valence-corrected chi connectivity index (χ4v) is 10.7. The first-order valence-corrected chi connectivity index (χ1v) is 23.7. The Morgan fingerprint density at radius 2 is 1.59 bits per heavy atom. The minimum atomic E-state index is -1.77. The zero-order valence-corrected chi connectivity index (χ0v) is 41.6. The Kier molecular flexibility index (Phi) is 18.3. The lowest BCUT2D eigenvalue weighted by Crippen LogP contribution is -2.62. The van der Waals surface area contributed by atoms with Gasteiger partial charge in [0.25, 0.3) is 0 Å². The van der Waals surface area contributed by atoms with Crippen LogP contribution in [0.4, 0.5) is 0 Å². The fourth-order valence-electron chi connectivity index (χ4n) is 10.7. The van der Waals surface area contributed by atoms with Gasteiger partial charge in [0.1, 0.15) is 23.4 Å². The number of aliphatic imine (C=N–C) groups is 1. The van der Waals surface area contributed by atoms with Gasteiger partial charge in [-0.3, -0.25) is 9.59 Å². The number of esters is 2. The molecule has 1 aromatic rings. The van der Waals surface area contributed by atoms with Crippen molar-refractivity contribution < 1.29 is 67.2 Å². The van der Waals surface area contributed by atoms with Crippen LogP contribution >= 0.6 is 0 Å². The monoisotopic (exact) mass is 931 g/mol. The number of methoxy groups -OCH3 is 1. The van der Waals surface area contributed by atoms with Crippen molar-refractivity contribution in [3.8, 4) is 0 Å². The Bertz CT molecular complexity index is 1840. The second-order valence-electron chi connectivity index (χ2n) is 19.9. The molecule has 5 rings (SSSR count). The molecule has 0 aromatic heterocycles. The Morgan fingerprint density at radius 3 is 2.21 bits per heavy atom. The van der Waals surface area contributed by atoms with Crippen molar-refractivity contribution >= 4 is 23.6 Å². The highest BCUT2D eigenvalue weighted by molar-refractivity contribution is 5.98. The van der Waals surface area contributed by atoms with Crippen LogP contribution in [0.1, 0.15) is 112 Å². The van der Waals surface area contributed by atoms with Gasteiger partial charge in [0, 0.05) is 44.0 Å². The van der Waals surface area contributed by atoms with E-state index >= 15 is 0 Å². The van der Waals surface area contributed by atoms with Crippen LogP contribution in [0.15, 0.2) is 47.5 Å². The number of nitrogens with zero attached hydrogens (tertiary/aromatic N) is 2. The Labute approximate surface area is 392 Å². The van der Waals surface area contributed by atoms with Gasteiger partial charge >= 0.3 is 11.9 Å². The lowest BCUT2D eigenvalue weighted by molar-refractivity contribution is -0.319. The molecule has 372 valence electrons.